The zero-order chi connectivity index (χ0) is 19.1. The van der Waals surface area contributed by atoms with Gasteiger partial charge in [0.1, 0.15) is 12.4 Å². The van der Waals surface area contributed by atoms with Crippen molar-refractivity contribution >= 4 is 23.0 Å². The van der Waals surface area contributed by atoms with Crippen LogP contribution in [-0.2, 0) is 14.9 Å². The van der Waals surface area contributed by atoms with Gasteiger partial charge in [0, 0.05) is 6.54 Å². The predicted molar refractivity (Wildman–Crippen MR) is 117 cm³/mol. The molecule has 0 bridgehead atoms. The number of ether oxygens (including phenoxy) is 2. The smallest absolute Gasteiger partial charge is 0.316 e. The highest BCUT2D eigenvalue weighted by atomic mass is 79.9. The molecule has 152 valence electrons. The van der Waals surface area contributed by atoms with E-state index in [-0.39, 0.29) is 23.0 Å². The van der Waals surface area contributed by atoms with Gasteiger partial charge in [0.2, 0.25) is 0 Å². The first-order chi connectivity index (χ1) is 13.1. The van der Waals surface area contributed by atoms with E-state index in [9.17, 15) is 4.79 Å². The molecule has 0 saturated carbocycles. The van der Waals surface area contributed by atoms with Gasteiger partial charge in [0.05, 0.1) is 12.0 Å². The van der Waals surface area contributed by atoms with E-state index in [0.29, 0.717) is 13.2 Å². The van der Waals surface area contributed by atoms with Crippen LogP contribution < -0.4 is 4.74 Å². The summed E-state index contributed by atoms with van der Waals surface area (Å²) in [5, 5.41) is 0. The van der Waals surface area contributed by atoms with E-state index >= 15 is 0 Å². The Labute approximate surface area is 178 Å². The molecule has 2 aromatic carbocycles. The van der Waals surface area contributed by atoms with Crippen LogP contribution in [0, 0.1) is 6.92 Å². The zero-order valence-electron chi connectivity index (χ0n) is 16.7. The molecule has 1 heterocycles. The summed E-state index contributed by atoms with van der Waals surface area (Å²) >= 11 is 0. The van der Waals surface area contributed by atoms with Gasteiger partial charge in [-0.2, -0.15) is 0 Å². The van der Waals surface area contributed by atoms with Crippen molar-refractivity contribution in [3.05, 3.63) is 65.7 Å². The normalized spacial score (nSPS) is 16.1. The zero-order valence-corrected chi connectivity index (χ0v) is 18.4. The van der Waals surface area contributed by atoms with Crippen molar-refractivity contribution in [1.82, 2.24) is 4.90 Å². The van der Waals surface area contributed by atoms with E-state index in [1.165, 1.54) is 5.56 Å². The summed E-state index contributed by atoms with van der Waals surface area (Å²) in [4.78, 5) is 15.2. The van der Waals surface area contributed by atoms with Crippen LogP contribution in [-0.4, -0.2) is 43.7 Å². The second kappa shape index (κ2) is 10.6. The molecule has 1 fully saturated rings. The number of halogens is 1. The van der Waals surface area contributed by atoms with E-state index in [1.54, 1.807) is 0 Å². The number of likely N-dealkylation sites (tertiary alicyclic amines) is 1. The van der Waals surface area contributed by atoms with Crippen molar-refractivity contribution < 1.29 is 14.3 Å². The van der Waals surface area contributed by atoms with Crippen LogP contribution in [0.2, 0.25) is 0 Å². The topological polar surface area (TPSA) is 38.8 Å². The monoisotopic (exact) mass is 447 g/mol. The molecule has 0 N–H and O–H groups in total. The lowest BCUT2D eigenvalue weighted by molar-refractivity contribution is -0.152. The van der Waals surface area contributed by atoms with Crippen molar-refractivity contribution in [2.75, 3.05) is 32.8 Å². The molecule has 0 spiro atoms. The largest absolute Gasteiger partial charge is 0.492 e. The summed E-state index contributed by atoms with van der Waals surface area (Å²) in [7, 11) is 0. The average molecular weight is 448 g/mol. The van der Waals surface area contributed by atoms with Crippen LogP contribution >= 0.6 is 17.0 Å². The maximum atomic E-state index is 12.8. The molecular formula is C23H30BrNO3. The van der Waals surface area contributed by atoms with Crippen molar-refractivity contribution in [3.63, 3.8) is 0 Å². The number of benzene rings is 2. The number of hydrogen-bond donors (Lipinski definition) is 0. The number of carbonyl (C=O) groups excluding carboxylic acids is 1. The van der Waals surface area contributed by atoms with E-state index < -0.39 is 5.41 Å². The highest BCUT2D eigenvalue weighted by Gasteiger charge is 2.44. The van der Waals surface area contributed by atoms with Gasteiger partial charge in [-0.1, -0.05) is 48.0 Å². The van der Waals surface area contributed by atoms with Crippen LogP contribution in [0.5, 0.6) is 5.75 Å². The van der Waals surface area contributed by atoms with Gasteiger partial charge >= 0.3 is 5.97 Å². The molecule has 1 saturated heterocycles. The summed E-state index contributed by atoms with van der Waals surface area (Å²) in [6, 6.07) is 18.2. The summed E-state index contributed by atoms with van der Waals surface area (Å²) in [6.07, 6.45) is 1.56. The minimum absolute atomic E-state index is 0. The Kier molecular flexibility index (Phi) is 8.52. The molecule has 0 amide bonds. The van der Waals surface area contributed by atoms with Crippen LogP contribution in [0.3, 0.4) is 0 Å². The lowest BCUT2D eigenvalue weighted by Gasteiger charge is -2.40. The third kappa shape index (κ3) is 5.36. The quantitative estimate of drug-likeness (QED) is 0.583. The van der Waals surface area contributed by atoms with Gasteiger partial charge in [-0.05, 0) is 57.5 Å². The minimum Gasteiger partial charge on any atom is -0.492 e. The van der Waals surface area contributed by atoms with Crippen molar-refractivity contribution in [3.8, 4) is 5.75 Å². The van der Waals surface area contributed by atoms with Crippen molar-refractivity contribution in [2.45, 2.75) is 32.1 Å². The molecule has 2 aromatic rings. The fraction of sp³-hybridized carbons (Fsp3) is 0.435. The van der Waals surface area contributed by atoms with Crippen molar-refractivity contribution in [1.29, 1.82) is 0 Å². The maximum absolute atomic E-state index is 12.8. The molecule has 1 aliphatic rings. The Balaban J connectivity index is 0.00000280. The van der Waals surface area contributed by atoms with Gasteiger partial charge in [-0.25, -0.2) is 0 Å². The summed E-state index contributed by atoms with van der Waals surface area (Å²) in [5.74, 6) is 0.814. The van der Waals surface area contributed by atoms with Gasteiger partial charge in [-0.15, -0.1) is 17.0 Å². The second-order valence-corrected chi connectivity index (χ2v) is 7.17. The molecular weight excluding hydrogens is 418 g/mol. The first-order valence-electron chi connectivity index (χ1n) is 9.78. The molecule has 0 aromatic heterocycles. The number of hydrogen-bond acceptors (Lipinski definition) is 4. The lowest BCUT2D eigenvalue weighted by atomic mass is 9.72. The van der Waals surface area contributed by atoms with E-state index in [4.69, 9.17) is 9.47 Å². The SMILES string of the molecule is Br.CCOC(=O)C1(c2ccccc2)CCN(CCOc2ccc(C)cc2)CC1. The highest BCUT2D eigenvalue weighted by molar-refractivity contribution is 8.93. The second-order valence-electron chi connectivity index (χ2n) is 7.17. The molecule has 28 heavy (non-hydrogen) atoms. The molecule has 0 atom stereocenters. The van der Waals surface area contributed by atoms with Crippen LogP contribution in [0.1, 0.15) is 30.9 Å². The highest BCUT2D eigenvalue weighted by Crippen LogP contribution is 2.36. The Bertz CT molecular complexity index is 725. The molecule has 0 radical (unpaired) electrons. The van der Waals surface area contributed by atoms with Crippen molar-refractivity contribution in [2.24, 2.45) is 0 Å². The minimum atomic E-state index is -0.522. The molecule has 5 heteroatoms. The third-order valence-electron chi connectivity index (χ3n) is 5.40. The Morgan fingerprint density at radius 2 is 1.68 bits per heavy atom. The number of rotatable bonds is 7. The first-order valence-corrected chi connectivity index (χ1v) is 9.78. The standard InChI is InChI=1S/C23H29NO3.BrH/c1-3-26-22(25)23(20-7-5-4-6-8-20)13-15-24(16-14-23)17-18-27-21-11-9-19(2)10-12-21;/h4-12H,3,13-18H2,1-2H3;1H. The van der Waals surface area contributed by atoms with E-state index in [1.807, 2.05) is 49.4 Å². The number of carbonyl (C=O) groups is 1. The molecule has 4 nitrogen and oxygen atoms in total. The molecule has 1 aliphatic heterocycles. The fourth-order valence-electron chi connectivity index (χ4n) is 3.72. The first kappa shape index (κ1) is 22.4. The Morgan fingerprint density at radius 1 is 1.04 bits per heavy atom. The van der Waals surface area contributed by atoms with Crippen LogP contribution in [0.15, 0.2) is 54.6 Å². The van der Waals surface area contributed by atoms with Crippen LogP contribution in [0.4, 0.5) is 0 Å². The molecule has 0 aliphatic carbocycles. The number of aryl methyl sites for hydroxylation is 1. The van der Waals surface area contributed by atoms with Crippen LogP contribution in [0.25, 0.3) is 0 Å². The molecule has 0 unspecified atom stereocenters. The Morgan fingerprint density at radius 3 is 2.29 bits per heavy atom. The number of piperidine rings is 1. The number of esters is 1. The summed E-state index contributed by atoms with van der Waals surface area (Å²) in [5.41, 5.74) is 1.78. The summed E-state index contributed by atoms with van der Waals surface area (Å²) < 4.78 is 11.3. The molecule has 3 rings (SSSR count). The number of nitrogens with zero attached hydrogens (tertiary/aromatic N) is 1. The van der Waals surface area contributed by atoms with E-state index in [0.717, 1.165) is 43.8 Å². The van der Waals surface area contributed by atoms with Gasteiger partial charge < -0.3 is 9.47 Å². The Hall–Kier alpha value is -1.85. The van der Waals surface area contributed by atoms with E-state index in [2.05, 4.69) is 24.0 Å². The predicted octanol–water partition coefficient (Wildman–Crippen LogP) is 4.55. The van der Waals surface area contributed by atoms with Gasteiger partial charge in [0.25, 0.3) is 0 Å². The van der Waals surface area contributed by atoms with Gasteiger partial charge in [0.15, 0.2) is 0 Å². The van der Waals surface area contributed by atoms with Gasteiger partial charge in [-0.3, -0.25) is 9.69 Å². The average Bonchev–Trinajstić information content (AvgIpc) is 2.71. The maximum Gasteiger partial charge on any atom is 0.316 e. The third-order valence-corrected chi connectivity index (χ3v) is 5.40. The lowest BCUT2D eigenvalue weighted by Crippen LogP contribution is -2.48. The fourth-order valence-corrected chi connectivity index (χ4v) is 3.72. The summed E-state index contributed by atoms with van der Waals surface area (Å²) in [6.45, 7) is 7.61.